The van der Waals surface area contributed by atoms with Crippen LogP contribution in [0.5, 0.6) is 0 Å². The van der Waals surface area contributed by atoms with Gasteiger partial charge in [-0.05, 0) is 11.6 Å². The topological polar surface area (TPSA) is 26.9 Å². The summed E-state index contributed by atoms with van der Waals surface area (Å²) in [5.74, 6) is 0. The van der Waals surface area contributed by atoms with Crippen LogP contribution in [0.1, 0.15) is 11.1 Å². The first-order valence-corrected chi connectivity index (χ1v) is 4.49. The fourth-order valence-electron chi connectivity index (χ4n) is 1.37. The molecule has 0 unspecified atom stereocenters. The first kappa shape index (κ1) is 8.75. The van der Waals surface area contributed by atoms with Crippen LogP contribution in [0.2, 0.25) is 0 Å². The predicted octanol–water partition coefficient (Wildman–Crippen LogP) is 1.71. The van der Waals surface area contributed by atoms with Crippen LogP contribution in [0.15, 0.2) is 48.7 Å². The van der Waals surface area contributed by atoms with E-state index in [9.17, 15) is 5.21 Å². The molecular weight excluding hydrogens is 174 g/mol. The van der Waals surface area contributed by atoms with Gasteiger partial charge in [-0.3, -0.25) is 0 Å². The highest BCUT2D eigenvalue weighted by Crippen LogP contribution is 2.05. The minimum absolute atomic E-state index is 0.707. The molecule has 0 aliphatic heterocycles. The van der Waals surface area contributed by atoms with E-state index in [1.165, 1.54) is 11.8 Å². The average molecular weight is 184 g/mol. The van der Waals surface area contributed by atoms with Crippen molar-refractivity contribution >= 4 is 0 Å². The smallest absolute Gasteiger partial charge is 0.293 e. The Kier molecular flexibility index (Phi) is 2.45. The van der Waals surface area contributed by atoms with Crippen molar-refractivity contribution in [2.75, 3.05) is 0 Å². The number of nitrogens with zero attached hydrogens (tertiary/aromatic N) is 1. The monoisotopic (exact) mass is 184 g/mol. The van der Waals surface area contributed by atoms with Crippen LogP contribution in [0.4, 0.5) is 0 Å². The number of hydrogen-bond acceptors (Lipinski definition) is 1. The summed E-state index contributed by atoms with van der Waals surface area (Å²) in [5, 5.41) is 10.9. The second-order valence-electron chi connectivity index (χ2n) is 3.13. The van der Waals surface area contributed by atoms with Crippen molar-refractivity contribution < 1.29 is 4.73 Å². The van der Waals surface area contributed by atoms with Crippen LogP contribution in [0, 0.1) is 11.4 Å². The van der Waals surface area contributed by atoms with E-state index in [4.69, 9.17) is 0 Å². The minimum atomic E-state index is 0.707. The number of pyridine rings is 1. The zero-order chi connectivity index (χ0) is 9.80. The van der Waals surface area contributed by atoms with E-state index in [-0.39, 0.29) is 0 Å². The SMILES string of the molecule is [O-][n+]1[c]c(Cc2ccccc2)ccc1. The Bertz CT molecular complexity index is 412. The van der Waals surface area contributed by atoms with Gasteiger partial charge < -0.3 is 5.21 Å². The van der Waals surface area contributed by atoms with Crippen LogP contribution in [0.25, 0.3) is 0 Å². The Hall–Kier alpha value is -1.83. The number of hydrogen-bond donors (Lipinski definition) is 0. The standard InChI is InChI=1S/C12H10NO/c14-13-8-4-7-12(10-13)9-11-5-2-1-3-6-11/h1-8H,9H2. The fourth-order valence-corrected chi connectivity index (χ4v) is 1.37. The van der Waals surface area contributed by atoms with Gasteiger partial charge in [0.15, 0.2) is 6.20 Å². The largest absolute Gasteiger partial charge is 0.618 e. The van der Waals surface area contributed by atoms with E-state index < -0.39 is 0 Å². The van der Waals surface area contributed by atoms with Crippen LogP contribution in [-0.2, 0) is 6.42 Å². The predicted molar refractivity (Wildman–Crippen MR) is 53.5 cm³/mol. The van der Waals surface area contributed by atoms with Crippen LogP contribution in [-0.4, -0.2) is 0 Å². The maximum Gasteiger partial charge on any atom is 0.293 e. The summed E-state index contributed by atoms with van der Waals surface area (Å²) < 4.78 is 0.707. The van der Waals surface area contributed by atoms with E-state index >= 15 is 0 Å². The van der Waals surface area contributed by atoms with Crippen molar-refractivity contribution in [3.8, 4) is 0 Å². The molecule has 0 aliphatic rings. The molecule has 0 amide bonds. The number of aromatic nitrogens is 1. The summed E-state index contributed by atoms with van der Waals surface area (Å²) in [6.07, 6.45) is 4.91. The van der Waals surface area contributed by atoms with Gasteiger partial charge in [0.2, 0.25) is 0 Å². The van der Waals surface area contributed by atoms with Gasteiger partial charge in [0.1, 0.15) is 0 Å². The zero-order valence-corrected chi connectivity index (χ0v) is 7.68. The molecule has 1 aromatic carbocycles. The summed E-state index contributed by atoms with van der Waals surface area (Å²) in [6, 6.07) is 13.7. The molecule has 2 nitrogen and oxygen atoms in total. The molecule has 2 heteroatoms. The van der Waals surface area contributed by atoms with Crippen LogP contribution < -0.4 is 4.73 Å². The highest BCUT2D eigenvalue weighted by atomic mass is 16.5. The molecule has 1 radical (unpaired) electrons. The second kappa shape index (κ2) is 3.92. The molecule has 0 fully saturated rings. The summed E-state index contributed by atoms with van der Waals surface area (Å²) in [4.78, 5) is 0. The lowest BCUT2D eigenvalue weighted by Crippen LogP contribution is -2.25. The second-order valence-corrected chi connectivity index (χ2v) is 3.13. The molecule has 1 aromatic heterocycles. The Morgan fingerprint density at radius 3 is 2.57 bits per heavy atom. The highest BCUT2D eigenvalue weighted by molar-refractivity contribution is 5.22. The van der Waals surface area contributed by atoms with Crippen molar-refractivity contribution in [3.63, 3.8) is 0 Å². The van der Waals surface area contributed by atoms with Crippen molar-refractivity contribution in [1.82, 2.24) is 0 Å². The van der Waals surface area contributed by atoms with Gasteiger partial charge in [-0.15, -0.1) is 0 Å². The van der Waals surface area contributed by atoms with E-state index in [2.05, 4.69) is 6.20 Å². The van der Waals surface area contributed by atoms with Gasteiger partial charge in [-0.2, -0.15) is 4.73 Å². The van der Waals surface area contributed by atoms with Crippen molar-refractivity contribution in [2.45, 2.75) is 6.42 Å². The number of rotatable bonds is 2. The summed E-state index contributed by atoms with van der Waals surface area (Å²) in [6.45, 7) is 0. The molecule has 2 rings (SSSR count). The maximum absolute atomic E-state index is 10.9. The van der Waals surface area contributed by atoms with Crippen molar-refractivity contribution in [2.24, 2.45) is 0 Å². The van der Waals surface area contributed by atoms with Crippen LogP contribution in [0.3, 0.4) is 0 Å². The molecule has 0 saturated carbocycles. The first-order chi connectivity index (χ1) is 6.84. The molecule has 0 bridgehead atoms. The Morgan fingerprint density at radius 1 is 1.07 bits per heavy atom. The molecule has 2 aromatic rings. The Labute approximate surface area is 83.0 Å². The lowest BCUT2D eigenvalue weighted by molar-refractivity contribution is -0.610. The third-order valence-corrected chi connectivity index (χ3v) is 2.01. The van der Waals surface area contributed by atoms with Crippen molar-refractivity contribution in [3.05, 3.63) is 71.2 Å². The molecular formula is C12H10NO. The molecule has 0 saturated heterocycles. The quantitative estimate of drug-likeness (QED) is 0.515. The van der Waals surface area contributed by atoms with Gasteiger partial charge >= 0.3 is 0 Å². The molecule has 0 N–H and O–H groups in total. The average Bonchev–Trinajstić information content (AvgIpc) is 2.19. The normalized spacial score (nSPS) is 10.0. The Morgan fingerprint density at radius 2 is 1.86 bits per heavy atom. The summed E-state index contributed by atoms with van der Waals surface area (Å²) in [5.41, 5.74) is 2.10. The van der Waals surface area contributed by atoms with E-state index in [1.807, 2.05) is 36.4 Å². The lowest BCUT2D eigenvalue weighted by atomic mass is 10.1. The van der Waals surface area contributed by atoms with Gasteiger partial charge in [0.25, 0.3) is 6.20 Å². The molecule has 0 atom stereocenters. The summed E-state index contributed by atoms with van der Waals surface area (Å²) in [7, 11) is 0. The van der Waals surface area contributed by atoms with Gasteiger partial charge in [-0.1, -0.05) is 30.3 Å². The number of benzene rings is 1. The molecule has 69 valence electrons. The highest BCUT2D eigenvalue weighted by Gasteiger charge is 1.99. The minimum Gasteiger partial charge on any atom is -0.618 e. The summed E-state index contributed by atoms with van der Waals surface area (Å²) >= 11 is 0. The molecule has 0 aliphatic carbocycles. The first-order valence-electron chi connectivity index (χ1n) is 4.49. The maximum atomic E-state index is 10.9. The molecule has 0 spiro atoms. The van der Waals surface area contributed by atoms with Gasteiger partial charge in [-0.25, -0.2) is 0 Å². The molecule has 14 heavy (non-hydrogen) atoms. The van der Waals surface area contributed by atoms with E-state index in [1.54, 1.807) is 6.07 Å². The van der Waals surface area contributed by atoms with Crippen LogP contribution >= 0.6 is 0 Å². The third-order valence-electron chi connectivity index (χ3n) is 2.01. The van der Waals surface area contributed by atoms with E-state index in [0.29, 0.717) is 4.73 Å². The van der Waals surface area contributed by atoms with Gasteiger partial charge in [0.05, 0.1) is 0 Å². The fraction of sp³-hybridized carbons (Fsp3) is 0.0833. The van der Waals surface area contributed by atoms with Gasteiger partial charge in [0, 0.05) is 18.1 Å². The van der Waals surface area contributed by atoms with Crippen molar-refractivity contribution in [1.29, 1.82) is 0 Å². The Balaban J connectivity index is 2.19. The third kappa shape index (κ3) is 2.10. The van der Waals surface area contributed by atoms with E-state index in [0.717, 1.165) is 12.0 Å². The lowest BCUT2D eigenvalue weighted by Gasteiger charge is -1.99. The zero-order valence-electron chi connectivity index (χ0n) is 7.68. The molecule has 1 heterocycles.